The number of carboxylic acid groups (broad SMARTS) is 1. The Morgan fingerprint density at radius 3 is 2.42 bits per heavy atom. The molecule has 6 N–H and O–H groups in total. The molecule has 11 heteroatoms. The molecule has 0 spiro atoms. The molecule has 1 heterocycles. The minimum Gasteiger partial charge on any atom is -0.480 e. The Morgan fingerprint density at radius 1 is 1.09 bits per heavy atom. The molecule has 0 aliphatic heterocycles. The van der Waals surface area contributed by atoms with Gasteiger partial charge in [-0.25, -0.2) is 9.18 Å². The number of hydrogen-bond acceptors (Lipinski definition) is 6. The molecule has 33 heavy (non-hydrogen) atoms. The van der Waals surface area contributed by atoms with Crippen LogP contribution in [-0.2, 0) is 16.0 Å². The second-order valence-corrected chi connectivity index (χ2v) is 7.31. The highest BCUT2D eigenvalue weighted by atomic mass is 19.1. The van der Waals surface area contributed by atoms with Gasteiger partial charge in [0.05, 0.1) is 12.7 Å². The van der Waals surface area contributed by atoms with Crippen LogP contribution in [0.4, 0.5) is 4.39 Å². The first-order valence-electron chi connectivity index (χ1n) is 10.1. The Morgan fingerprint density at radius 2 is 1.82 bits per heavy atom. The SMILES string of the molecule is NCC(=O)N[C@H](C[C@@H](Cc1ccc(-c2ccccc2F)cc1)NC(=O)c1c[nH]nn1)C(=O)O. The van der Waals surface area contributed by atoms with E-state index in [1.807, 2.05) is 0 Å². The number of carbonyl (C=O) groups excluding carboxylic acids is 2. The fourth-order valence-corrected chi connectivity index (χ4v) is 3.32. The summed E-state index contributed by atoms with van der Waals surface area (Å²) in [6.07, 6.45) is 1.46. The van der Waals surface area contributed by atoms with E-state index >= 15 is 0 Å². The van der Waals surface area contributed by atoms with Gasteiger partial charge < -0.3 is 21.5 Å². The van der Waals surface area contributed by atoms with Crippen LogP contribution in [0.2, 0.25) is 0 Å². The summed E-state index contributed by atoms with van der Waals surface area (Å²) in [4.78, 5) is 35.8. The van der Waals surface area contributed by atoms with Crippen molar-refractivity contribution < 1.29 is 23.9 Å². The van der Waals surface area contributed by atoms with E-state index in [2.05, 4.69) is 26.0 Å². The smallest absolute Gasteiger partial charge is 0.326 e. The summed E-state index contributed by atoms with van der Waals surface area (Å²) in [5.74, 6) is -2.78. The van der Waals surface area contributed by atoms with Gasteiger partial charge >= 0.3 is 5.97 Å². The Balaban J connectivity index is 1.79. The number of amides is 2. The highest BCUT2D eigenvalue weighted by molar-refractivity contribution is 5.92. The lowest BCUT2D eigenvalue weighted by Gasteiger charge is -2.23. The van der Waals surface area contributed by atoms with Gasteiger partial charge in [0.15, 0.2) is 5.69 Å². The molecular formula is C22H23FN6O4. The maximum atomic E-state index is 14.1. The summed E-state index contributed by atoms with van der Waals surface area (Å²) < 4.78 is 14.1. The summed E-state index contributed by atoms with van der Waals surface area (Å²) >= 11 is 0. The number of rotatable bonds is 10. The maximum absolute atomic E-state index is 14.1. The lowest BCUT2D eigenvalue weighted by Crippen LogP contribution is -2.48. The van der Waals surface area contributed by atoms with Gasteiger partial charge in [-0.1, -0.05) is 47.7 Å². The van der Waals surface area contributed by atoms with Gasteiger partial charge in [0.25, 0.3) is 5.91 Å². The minimum absolute atomic E-state index is 0.0350. The quantitative estimate of drug-likeness (QED) is 0.303. The van der Waals surface area contributed by atoms with Gasteiger partial charge in [0.2, 0.25) is 5.91 Å². The predicted octanol–water partition coefficient (Wildman–Crippen LogP) is 0.870. The number of carboxylic acids is 1. The van der Waals surface area contributed by atoms with Gasteiger partial charge in [-0.3, -0.25) is 14.7 Å². The van der Waals surface area contributed by atoms with Crippen molar-refractivity contribution in [2.24, 2.45) is 5.73 Å². The van der Waals surface area contributed by atoms with E-state index in [4.69, 9.17) is 5.73 Å². The fraction of sp³-hybridized carbons (Fsp3) is 0.227. The molecule has 1 aromatic heterocycles. The zero-order chi connectivity index (χ0) is 23.8. The summed E-state index contributed by atoms with van der Waals surface area (Å²) in [7, 11) is 0. The Bertz CT molecular complexity index is 1100. The standard InChI is InChI=1S/C22H23FN6O4/c23-17-4-2-1-3-16(17)14-7-5-13(6-8-14)9-15(26-21(31)19-12-25-29-28-19)10-18(22(32)33)27-20(30)11-24/h1-8,12,15,18H,9-11,24H2,(H,26,31)(H,27,30)(H,32,33)(H,25,28,29)/t15-,18-/m1/s1. The van der Waals surface area contributed by atoms with Crippen molar-refractivity contribution in [3.8, 4) is 11.1 Å². The maximum Gasteiger partial charge on any atom is 0.326 e. The van der Waals surface area contributed by atoms with E-state index in [0.29, 0.717) is 11.1 Å². The first-order chi connectivity index (χ1) is 15.9. The molecular weight excluding hydrogens is 431 g/mol. The lowest BCUT2D eigenvalue weighted by atomic mass is 9.96. The van der Waals surface area contributed by atoms with E-state index in [1.54, 1.807) is 42.5 Å². The molecule has 0 unspecified atom stereocenters. The number of aromatic amines is 1. The molecule has 2 aromatic carbocycles. The second-order valence-electron chi connectivity index (χ2n) is 7.31. The number of nitrogens with zero attached hydrogens (tertiary/aromatic N) is 2. The third kappa shape index (κ3) is 6.43. The zero-order valence-corrected chi connectivity index (χ0v) is 17.5. The average Bonchev–Trinajstić information content (AvgIpc) is 3.34. The lowest BCUT2D eigenvalue weighted by molar-refractivity contribution is -0.142. The van der Waals surface area contributed by atoms with Crippen LogP contribution in [0.5, 0.6) is 0 Å². The van der Waals surface area contributed by atoms with Gasteiger partial charge in [0, 0.05) is 11.6 Å². The van der Waals surface area contributed by atoms with Gasteiger partial charge in [0.1, 0.15) is 11.9 Å². The van der Waals surface area contributed by atoms with Crippen LogP contribution >= 0.6 is 0 Å². The van der Waals surface area contributed by atoms with Crippen molar-refractivity contribution in [3.63, 3.8) is 0 Å². The number of hydrogen-bond donors (Lipinski definition) is 5. The topological polar surface area (TPSA) is 163 Å². The molecule has 2 atom stereocenters. The highest BCUT2D eigenvalue weighted by Gasteiger charge is 2.26. The minimum atomic E-state index is -1.26. The third-order valence-corrected chi connectivity index (χ3v) is 4.94. The molecule has 0 aliphatic rings. The largest absolute Gasteiger partial charge is 0.480 e. The number of halogens is 1. The highest BCUT2D eigenvalue weighted by Crippen LogP contribution is 2.23. The van der Waals surface area contributed by atoms with Gasteiger partial charge in [-0.2, -0.15) is 0 Å². The van der Waals surface area contributed by atoms with Crippen molar-refractivity contribution in [2.45, 2.75) is 24.9 Å². The molecule has 172 valence electrons. The molecule has 2 amide bonds. The van der Waals surface area contributed by atoms with Gasteiger partial charge in [-0.15, -0.1) is 5.10 Å². The first kappa shape index (κ1) is 23.5. The molecule has 0 radical (unpaired) electrons. The van der Waals surface area contributed by atoms with E-state index in [-0.39, 0.29) is 30.9 Å². The summed E-state index contributed by atoms with van der Waals surface area (Å²) in [5, 5.41) is 24.2. The summed E-state index contributed by atoms with van der Waals surface area (Å²) in [6, 6.07) is 11.5. The molecule has 3 rings (SSSR count). The number of aliphatic carboxylic acids is 1. The van der Waals surface area contributed by atoms with Crippen LogP contribution in [-0.4, -0.2) is 56.9 Å². The molecule has 0 saturated heterocycles. The number of aromatic nitrogens is 3. The third-order valence-electron chi connectivity index (χ3n) is 4.94. The van der Waals surface area contributed by atoms with Crippen molar-refractivity contribution in [1.29, 1.82) is 0 Å². The Hall–Kier alpha value is -4.12. The van der Waals surface area contributed by atoms with E-state index in [9.17, 15) is 23.9 Å². The van der Waals surface area contributed by atoms with Crippen molar-refractivity contribution in [2.75, 3.05) is 6.54 Å². The monoisotopic (exact) mass is 454 g/mol. The normalized spacial score (nSPS) is 12.5. The zero-order valence-electron chi connectivity index (χ0n) is 17.5. The summed E-state index contributed by atoms with van der Waals surface area (Å²) in [5.41, 5.74) is 7.21. The van der Waals surface area contributed by atoms with E-state index < -0.39 is 29.9 Å². The van der Waals surface area contributed by atoms with Crippen molar-refractivity contribution in [1.82, 2.24) is 26.0 Å². The van der Waals surface area contributed by atoms with Crippen LogP contribution in [0.25, 0.3) is 11.1 Å². The fourth-order valence-electron chi connectivity index (χ4n) is 3.32. The predicted molar refractivity (Wildman–Crippen MR) is 116 cm³/mol. The number of nitrogens with one attached hydrogen (secondary N) is 3. The molecule has 10 nitrogen and oxygen atoms in total. The van der Waals surface area contributed by atoms with Crippen molar-refractivity contribution >= 4 is 17.8 Å². The molecule has 3 aromatic rings. The van der Waals surface area contributed by atoms with E-state index in [1.165, 1.54) is 12.3 Å². The average molecular weight is 454 g/mol. The van der Waals surface area contributed by atoms with Crippen LogP contribution in [0.1, 0.15) is 22.5 Å². The molecule has 0 bridgehead atoms. The van der Waals surface area contributed by atoms with Crippen molar-refractivity contribution in [3.05, 3.63) is 71.8 Å². The van der Waals surface area contributed by atoms with Gasteiger partial charge in [-0.05, 0) is 30.0 Å². The molecule has 0 fully saturated rings. The summed E-state index contributed by atoms with van der Waals surface area (Å²) in [6.45, 7) is -0.364. The number of H-pyrrole nitrogens is 1. The van der Waals surface area contributed by atoms with Crippen LogP contribution in [0.3, 0.4) is 0 Å². The second kappa shape index (κ2) is 11.0. The van der Waals surface area contributed by atoms with Crippen LogP contribution in [0.15, 0.2) is 54.7 Å². The Labute approximate surface area is 188 Å². The van der Waals surface area contributed by atoms with E-state index in [0.717, 1.165) is 5.56 Å². The molecule has 0 saturated carbocycles. The molecule has 0 aliphatic carbocycles. The Kier molecular flexibility index (Phi) is 7.82. The number of nitrogens with two attached hydrogens (primary N) is 1. The number of carbonyl (C=O) groups is 3. The number of benzene rings is 2. The first-order valence-corrected chi connectivity index (χ1v) is 10.1. The van der Waals surface area contributed by atoms with Crippen LogP contribution in [0, 0.1) is 5.82 Å². The van der Waals surface area contributed by atoms with Crippen LogP contribution < -0.4 is 16.4 Å².